The molecular weight excluding hydrogens is 226 g/mol. The number of aromatic nitrogens is 2. The molecule has 2 aromatic rings. The summed E-state index contributed by atoms with van der Waals surface area (Å²) in [7, 11) is 0. The van der Waals surface area contributed by atoms with Gasteiger partial charge in [-0.15, -0.1) is 0 Å². The lowest BCUT2D eigenvalue weighted by Crippen LogP contribution is -2.09. The molecule has 2 heterocycles. The third kappa shape index (κ3) is 2.55. The molecule has 0 spiro atoms. The second-order valence-electron chi connectivity index (χ2n) is 3.90. The third-order valence-electron chi connectivity index (χ3n) is 2.58. The van der Waals surface area contributed by atoms with Crippen LogP contribution in [0.3, 0.4) is 0 Å². The van der Waals surface area contributed by atoms with Crippen molar-refractivity contribution in [3.63, 3.8) is 0 Å². The summed E-state index contributed by atoms with van der Waals surface area (Å²) in [5, 5.41) is 12.1. The van der Waals surface area contributed by atoms with Gasteiger partial charge in [0.1, 0.15) is 11.9 Å². The lowest BCUT2D eigenvalue weighted by atomic mass is 10.1. The Morgan fingerprint density at radius 2 is 2.22 bits per heavy atom. The molecule has 3 N–H and O–H groups in total. The van der Waals surface area contributed by atoms with E-state index in [1.165, 1.54) is 0 Å². The van der Waals surface area contributed by atoms with Crippen molar-refractivity contribution in [2.75, 3.05) is 11.1 Å². The van der Waals surface area contributed by atoms with Crippen LogP contribution in [0.25, 0.3) is 0 Å². The first-order valence-corrected chi connectivity index (χ1v) is 5.54. The highest BCUT2D eigenvalue weighted by molar-refractivity contribution is 5.55. The van der Waals surface area contributed by atoms with Gasteiger partial charge in [-0.05, 0) is 30.7 Å². The summed E-state index contributed by atoms with van der Waals surface area (Å²) < 4.78 is 0. The lowest BCUT2D eigenvalue weighted by Gasteiger charge is -2.14. The topological polar surface area (TPSA) is 87.6 Å². The molecule has 2 aromatic heterocycles. The normalized spacial score (nSPS) is 11.6. The Balaban J connectivity index is 2.18. The van der Waals surface area contributed by atoms with Gasteiger partial charge < -0.3 is 11.1 Å². The van der Waals surface area contributed by atoms with Gasteiger partial charge in [-0.25, -0.2) is 4.98 Å². The molecule has 0 aliphatic rings. The number of anilines is 2. The van der Waals surface area contributed by atoms with Gasteiger partial charge in [-0.2, -0.15) is 5.26 Å². The molecule has 0 bridgehead atoms. The molecule has 1 unspecified atom stereocenters. The number of hydrogen-bond donors (Lipinski definition) is 2. The molecule has 0 radical (unpaired) electrons. The fourth-order valence-corrected chi connectivity index (χ4v) is 1.58. The maximum absolute atomic E-state index is 8.86. The van der Waals surface area contributed by atoms with Crippen molar-refractivity contribution in [1.82, 2.24) is 9.97 Å². The molecule has 0 aromatic carbocycles. The summed E-state index contributed by atoms with van der Waals surface area (Å²) in [5.74, 6) is 0.622. The van der Waals surface area contributed by atoms with E-state index < -0.39 is 0 Å². The zero-order chi connectivity index (χ0) is 13.0. The van der Waals surface area contributed by atoms with Crippen LogP contribution in [0.5, 0.6) is 0 Å². The molecule has 0 amide bonds. The molecule has 0 saturated carbocycles. The number of nitrogens with zero attached hydrogens (tertiary/aromatic N) is 3. The van der Waals surface area contributed by atoms with Gasteiger partial charge in [0, 0.05) is 12.4 Å². The van der Waals surface area contributed by atoms with Crippen LogP contribution < -0.4 is 11.1 Å². The van der Waals surface area contributed by atoms with Gasteiger partial charge in [0.05, 0.1) is 11.7 Å². The average molecular weight is 239 g/mol. The van der Waals surface area contributed by atoms with Gasteiger partial charge in [0.15, 0.2) is 5.69 Å². The first kappa shape index (κ1) is 11.9. The number of nitrogens with one attached hydrogen (secondary N) is 1. The van der Waals surface area contributed by atoms with Crippen LogP contribution in [-0.2, 0) is 0 Å². The quantitative estimate of drug-likeness (QED) is 0.856. The van der Waals surface area contributed by atoms with Gasteiger partial charge >= 0.3 is 0 Å². The van der Waals surface area contributed by atoms with Crippen LogP contribution in [-0.4, -0.2) is 9.97 Å². The first-order valence-electron chi connectivity index (χ1n) is 5.54. The Hall–Kier alpha value is -2.61. The smallest absolute Gasteiger partial charge is 0.165 e. The van der Waals surface area contributed by atoms with E-state index >= 15 is 0 Å². The van der Waals surface area contributed by atoms with E-state index in [9.17, 15) is 0 Å². The average Bonchev–Trinajstić information content (AvgIpc) is 2.42. The van der Waals surface area contributed by atoms with Crippen molar-refractivity contribution in [2.45, 2.75) is 13.0 Å². The third-order valence-corrected chi connectivity index (χ3v) is 2.58. The Labute approximate surface area is 105 Å². The van der Waals surface area contributed by atoms with Crippen molar-refractivity contribution in [1.29, 1.82) is 5.26 Å². The lowest BCUT2D eigenvalue weighted by molar-refractivity contribution is 0.866. The van der Waals surface area contributed by atoms with Crippen LogP contribution in [0.15, 0.2) is 36.7 Å². The molecule has 0 fully saturated rings. The van der Waals surface area contributed by atoms with Crippen LogP contribution in [0.2, 0.25) is 0 Å². The molecule has 5 heteroatoms. The summed E-state index contributed by atoms with van der Waals surface area (Å²) >= 11 is 0. The van der Waals surface area contributed by atoms with Crippen molar-refractivity contribution in [2.24, 2.45) is 0 Å². The molecule has 1 atom stereocenters. The van der Waals surface area contributed by atoms with E-state index in [-0.39, 0.29) is 11.7 Å². The van der Waals surface area contributed by atoms with Crippen molar-refractivity contribution < 1.29 is 0 Å². The number of hydrogen-bond acceptors (Lipinski definition) is 5. The minimum absolute atomic E-state index is 0.0568. The summed E-state index contributed by atoms with van der Waals surface area (Å²) in [6.45, 7) is 2.00. The van der Waals surface area contributed by atoms with E-state index in [4.69, 9.17) is 11.0 Å². The molecular formula is C13H13N5. The molecule has 18 heavy (non-hydrogen) atoms. The Morgan fingerprint density at radius 1 is 1.39 bits per heavy atom. The Bertz CT molecular complexity index is 574. The monoisotopic (exact) mass is 239 g/mol. The Kier molecular flexibility index (Phi) is 3.39. The van der Waals surface area contributed by atoms with Gasteiger partial charge in [0.25, 0.3) is 0 Å². The highest BCUT2D eigenvalue weighted by Crippen LogP contribution is 2.18. The number of rotatable bonds is 3. The van der Waals surface area contributed by atoms with E-state index in [1.54, 1.807) is 24.5 Å². The highest BCUT2D eigenvalue weighted by Gasteiger charge is 2.07. The van der Waals surface area contributed by atoms with E-state index in [2.05, 4.69) is 15.3 Å². The fraction of sp³-hybridized carbons (Fsp3) is 0.154. The van der Waals surface area contributed by atoms with Crippen LogP contribution in [0.4, 0.5) is 11.5 Å². The van der Waals surface area contributed by atoms with Crippen molar-refractivity contribution in [3.8, 4) is 6.07 Å². The standard InChI is InChI=1S/C13H13N5/c1-9(10-3-2-6-16-8-10)17-13-5-4-11(15)12(7-14)18-13/h2-6,8-9H,15H2,1H3,(H,17,18). The predicted octanol–water partition coefficient (Wildman–Crippen LogP) is 2.10. The highest BCUT2D eigenvalue weighted by atomic mass is 15.0. The zero-order valence-corrected chi connectivity index (χ0v) is 9.96. The van der Waals surface area contributed by atoms with E-state index in [1.807, 2.05) is 25.1 Å². The summed E-state index contributed by atoms with van der Waals surface area (Å²) in [6.07, 6.45) is 3.52. The van der Waals surface area contributed by atoms with Gasteiger partial charge in [0.2, 0.25) is 0 Å². The second kappa shape index (κ2) is 5.15. The number of nitriles is 1. The fourth-order valence-electron chi connectivity index (χ4n) is 1.58. The largest absolute Gasteiger partial charge is 0.396 e. The number of nitrogen functional groups attached to an aromatic ring is 1. The maximum atomic E-state index is 8.86. The van der Waals surface area contributed by atoms with Crippen molar-refractivity contribution >= 4 is 11.5 Å². The van der Waals surface area contributed by atoms with E-state index in [0.717, 1.165) is 5.56 Å². The minimum atomic E-state index is 0.0568. The van der Waals surface area contributed by atoms with Crippen molar-refractivity contribution in [3.05, 3.63) is 47.9 Å². The molecule has 2 rings (SSSR count). The predicted molar refractivity (Wildman–Crippen MR) is 69.6 cm³/mol. The SMILES string of the molecule is CC(Nc1ccc(N)c(C#N)n1)c1cccnc1. The van der Waals surface area contributed by atoms with Gasteiger partial charge in [-0.3, -0.25) is 4.98 Å². The first-order chi connectivity index (χ1) is 8.70. The zero-order valence-electron chi connectivity index (χ0n) is 9.96. The van der Waals surface area contributed by atoms with E-state index in [0.29, 0.717) is 11.5 Å². The Morgan fingerprint density at radius 3 is 2.89 bits per heavy atom. The van der Waals surface area contributed by atoms with Gasteiger partial charge in [-0.1, -0.05) is 6.07 Å². The van der Waals surface area contributed by atoms with Crippen LogP contribution in [0.1, 0.15) is 24.2 Å². The summed E-state index contributed by atoms with van der Waals surface area (Å²) in [6, 6.07) is 9.30. The molecule has 0 aliphatic heterocycles. The van der Waals surface area contributed by atoms with Crippen LogP contribution in [0, 0.1) is 11.3 Å². The molecule has 0 aliphatic carbocycles. The molecule has 5 nitrogen and oxygen atoms in total. The molecule has 90 valence electrons. The summed E-state index contributed by atoms with van der Waals surface area (Å²) in [4.78, 5) is 8.20. The molecule has 0 saturated heterocycles. The number of pyridine rings is 2. The summed E-state index contributed by atoms with van der Waals surface area (Å²) in [5.41, 5.74) is 7.29. The minimum Gasteiger partial charge on any atom is -0.396 e. The number of nitrogens with two attached hydrogens (primary N) is 1. The van der Waals surface area contributed by atoms with Crippen LogP contribution >= 0.6 is 0 Å². The second-order valence-corrected chi connectivity index (χ2v) is 3.90. The maximum Gasteiger partial charge on any atom is 0.165 e.